The third kappa shape index (κ3) is 2.77. The molecule has 2 heterocycles. The molecule has 1 aliphatic carbocycles. The van der Waals surface area contributed by atoms with E-state index in [-0.39, 0.29) is 5.97 Å². The molecule has 1 N–H and O–H groups in total. The zero-order valence-electron chi connectivity index (χ0n) is 13.0. The number of nitrogens with one attached hydrogen (secondary N) is 1. The molecule has 0 atom stereocenters. The summed E-state index contributed by atoms with van der Waals surface area (Å²) in [5, 5.41) is 4.08. The number of fused-ring (bicyclic) bond motifs is 1. The molecule has 0 amide bonds. The van der Waals surface area contributed by atoms with E-state index in [4.69, 9.17) is 9.15 Å². The number of rotatable bonds is 4. The standard InChI is InChI=1S/C16H21N3O3/c1-3-21-16(20)12-10(2)22-15-13(12)14(17-9-18-15)19-11-7-5-4-6-8-11/h9,11H,3-8H2,1-2H3,(H,17,18,19). The Bertz CT molecular complexity index is 675. The zero-order valence-corrected chi connectivity index (χ0v) is 13.0. The van der Waals surface area contributed by atoms with E-state index in [1.807, 2.05) is 0 Å². The number of carbonyl (C=O) groups excluding carboxylic acids is 1. The van der Waals surface area contributed by atoms with E-state index in [1.165, 1.54) is 25.6 Å². The highest BCUT2D eigenvalue weighted by Gasteiger charge is 2.25. The number of ether oxygens (including phenoxy) is 1. The average Bonchev–Trinajstić information content (AvgIpc) is 2.85. The van der Waals surface area contributed by atoms with Crippen LogP contribution in [0.1, 0.15) is 55.1 Å². The number of nitrogens with zero attached hydrogens (tertiary/aromatic N) is 2. The maximum atomic E-state index is 12.2. The minimum Gasteiger partial charge on any atom is -0.462 e. The number of aryl methyl sites for hydroxylation is 1. The van der Waals surface area contributed by atoms with Crippen LogP contribution in [0, 0.1) is 6.92 Å². The predicted molar refractivity (Wildman–Crippen MR) is 83.0 cm³/mol. The molecule has 2 aromatic rings. The summed E-state index contributed by atoms with van der Waals surface area (Å²) in [4.78, 5) is 20.7. The van der Waals surface area contributed by atoms with Gasteiger partial charge >= 0.3 is 5.97 Å². The van der Waals surface area contributed by atoms with Gasteiger partial charge in [0.1, 0.15) is 23.5 Å². The molecule has 0 aliphatic heterocycles. The van der Waals surface area contributed by atoms with E-state index >= 15 is 0 Å². The maximum absolute atomic E-state index is 12.2. The van der Waals surface area contributed by atoms with Gasteiger partial charge in [0.25, 0.3) is 0 Å². The maximum Gasteiger partial charge on any atom is 0.342 e. The lowest BCUT2D eigenvalue weighted by Crippen LogP contribution is -2.23. The highest BCUT2D eigenvalue weighted by molar-refractivity contribution is 6.07. The van der Waals surface area contributed by atoms with Gasteiger partial charge in [-0.2, -0.15) is 0 Å². The van der Waals surface area contributed by atoms with E-state index < -0.39 is 0 Å². The van der Waals surface area contributed by atoms with Crippen LogP contribution in [0.4, 0.5) is 5.82 Å². The largest absolute Gasteiger partial charge is 0.462 e. The van der Waals surface area contributed by atoms with Crippen LogP contribution in [-0.4, -0.2) is 28.6 Å². The van der Waals surface area contributed by atoms with Crippen molar-refractivity contribution in [1.82, 2.24) is 9.97 Å². The van der Waals surface area contributed by atoms with Crippen molar-refractivity contribution < 1.29 is 13.9 Å². The molecule has 0 aromatic carbocycles. The van der Waals surface area contributed by atoms with Gasteiger partial charge in [0.15, 0.2) is 0 Å². The molecule has 0 bridgehead atoms. The summed E-state index contributed by atoms with van der Waals surface area (Å²) in [7, 11) is 0. The van der Waals surface area contributed by atoms with Crippen molar-refractivity contribution >= 4 is 22.9 Å². The smallest absolute Gasteiger partial charge is 0.342 e. The van der Waals surface area contributed by atoms with E-state index in [9.17, 15) is 4.79 Å². The van der Waals surface area contributed by atoms with Crippen molar-refractivity contribution in [1.29, 1.82) is 0 Å². The minimum atomic E-state index is -0.389. The Hall–Kier alpha value is -2.11. The Kier molecular flexibility index (Phi) is 4.27. The summed E-state index contributed by atoms with van der Waals surface area (Å²) in [5.74, 6) is 0.790. The van der Waals surface area contributed by atoms with Crippen molar-refractivity contribution in [2.75, 3.05) is 11.9 Å². The second-order valence-electron chi connectivity index (χ2n) is 5.64. The Morgan fingerprint density at radius 1 is 1.36 bits per heavy atom. The third-order valence-electron chi connectivity index (χ3n) is 4.09. The average molecular weight is 303 g/mol. The molecular formula is C16H21N3O3. The monoisotopic (exact) mass is 303 g/mol. The number of aromatic nitrogens is 2. The second-order valence-corrected chi connectivity index (χ2v) is 5.64. The van der Waals surface area contributed by atoms with Crippen molar-refractivity contribution in [3.05, 3.63) is 17.7 Å². The quantitative estimate of drug-likeness (QED) is 0.872. The van der Waals surface area contributed by atoms with Gasteiger partial charge in [-0.15, -0.1) is 0 Å². The summed E-state index contributed by atoms with van der Waals surface area (Å²) in [6.07, 6.45) is 7.44. The van der Waals surface area contributed by atoms with Gasteiger partial charge in [0.05, 0.1) is 12.0 Å². The van der Waals surface area contributed by atoms with Crippen LogP contribution in [0.15, 0.2) is 10.7 Å². The van der Waals surface area contributed by atoms with E-state index in [1.54, 1.807) is 13.8 Å². The highest BCUT2D eigenvalue weighted by Crippen LogP contribution is 2.31. The van der Waals surface area contributed by atoms with Crippen molar-refractivity contribution in [2.45, 2.75) is 52.0 Å². The first-order chi connectivity index (χ1) is 10.7. The summed E-state index contributed by atoms with van der Waals surface area (Å²) in [6.45, 7) is 3.86. The lowest BCUT2D eigenvalue weighted by Gasteiger charge is -2.23. The molecule has 0 unspecified atom stereocenters. The van der Waals surface area contributed by atoms with Crippen LogP contribution in [0.5, 0.6) is 0 Å². The van der Waals surface area contributed by atoms with Crippen LogP contribution >= 0.6 is 0 Å². The van der Waals surface area contributed by atoms with Gasteiger partial charge in [0.2, 0.25) is 5.71 Å². The van der Waals surface area contributed by atoms with E-state index in [2.05, 4.69) is 15.3 Å². The first-order valence-electron chi connectivity index (χ1n) is 7.88. The molecule has 118 valence electrons. The Morgan fingerprint density at radius 3 is 2.86 bits per heavy atom. The number of furan rings is 1. The SMILES string of the molecule is CCOC(=O)c1c(C)oc2ncnc(NC3CCCCC3)c12. The predicted octanol–water partition coefficient (Wildman–Crippen LogP) is 3.45. The number of anilines is 1. The second kappa shape index (κ2) is 6.34. The molecule has 0 saturated heterocycles. The van der Waals surface area contributed by atoms with Gasteiger partial charge in [-0.1, -0.05) is 19.3 Å². The van der Waals surface area contributed by atoms with Gasteiger partial charge < -0.3 is 14.5 Å². The van der Waals surface area contributed by atoms with Crippen LogP contribution in [0.3, 0.4) is 0 Å². The normalized spacial score (nSPS) is 15.9. The van der Waals surface area contributed by atoms with Crippen LogP contribution in [0.2, 0.25) is 0 Å². The molecular weight excluding hydrogens is 282 g/mol. The summed E-state index contributed by atoms with van der Waals surface area (Å²) in [5.41, 5.74) is 0.852. The third-order valence-corrected chi connectivity index (χ3v) is 4.09. The fourth-order valence-corrected chi connectivity index (χ4v) is 3.04. The van der Waals surface area contributed by atoms with Gasteiger partial charge in [0, 0.05) is 6.04 Å². The topological polar surface area (TPSA) is 77.2 Å². The molecule has 6 nitrogen and oxygen atoms in total. The van der Waals surface area contributed by atoms with Gasteiger partial charge in [-0.3, -0.25) is 0 Å². The Balaban J connectivity index is 2.00. The molecule has 3 rings (SSSR count). The van der Waals surface area contributed by atoms with Crippen LogP contribution in [0.25, 0.3) is 11.1 Å². The Morgan fingerprint density at radius 2 is 2.14 bits per heavy atom. The minimum absolute atomic E-state index is 0.323. The van der Waals surface area contributed by atoms with Crippen molar-refractivity contribution in [3.63, 3.8) is 0 Å². The number of hydrogen-bond acceptors (Lipinski definition) is 6. The van der Waals surface area contributed by atoms with Gasteiger partial charge in [-0.05, 0) is 26.7 Å². The fraction of sp³-hybridized carbons (Fsp3) is 0.562. The number of esters is 1. The molecule has 1 fully saturated rings. The van der Waals surface area contributed by atoms with Crippen molar-refractivity contribution in [3.8, 4) is 0 Å². The lowest BCUT2D eigenvalue weighted by molar-refractivity contribution is 0.0526. The molecule has 2 aromatic heterocycles. The first-order valence-corrected chi connectivity index (χ1v) is 7.88. The van der Waals surface area contributed by atoms with E-state index in [0.717, 1.165) is 12.8 Å². The first kappa shape index (κ1) is 14.8. The summed E-state index contributed by atoms with van der Waals surface area (Å²) < 4.78 is 10.7. The molecule has 1 saturated carbocycles. The molecule has 1 aliphatic rings. The molecule has 6 heteroatoms. The lowest BCUT2D eigenvalue weighted by atomic mass is 9.95. The fourth-order valence-electron chi connectivity index (χ4n) is 3.04. The Labute approximate surface area is 129 Å². The molecule has 0 radical (unpaired) electrons. The summed E-state index contributed by atoms with van der Waals surface area (Å²) >= 11 is 0. The van der Waals surface area contributed by atoms with Crippen LogP contribution in [-0.2, 0) is 4.74 Å². The van der Waals surface area contributed by atoms with Gasteiger partial charge in [-0.25, -0.2) is 14.8 Å². The van der Waals surface area contributed by atoms with Crippen molar-refractivity contribution in [2.24, 2.45) is 0 Å². The zero-order chi connectivity index (χ0) is 15.5. The number of carbonyl (C=O) groups is 1. The number of hydrogen-bond donors (Lipinski definition) is 1. The van der Waals surface area contributed by atoms with Crippen LogP contribution < -0.4 is 5.32 Å². The molecule has 0 spiro atoms. The summed E-state index contributed by atoms with van der Waals surface area (Å²) in [6, 6.07) is 0.386. The highest BCUT2D eigenvalue weighted by atomic mass is 16.5. The van der Waals surface area contributed by atoms with E-state index in [0.29, 0.717) is 40.9 Å². The molecule has 22 heavy (non-hydrogen) atoms.